The lowest BCUT2D eigenvalue weighted by atomic mass is 10.0. The van der Waals surface area contributed by atoms with E-state index >= 15 is 0 Å². The number of unbranched alkanes of at least 4 members (excludes halogenated alkanes) is 12. The molecule has 0 heterocycles. The van der Waals surface area contributed by atoms with Crippen LogP contribution < -0.4 is 5.73 Å². The number of allylic oxidation sites excluding steroid dienone is 10. The van der Waals surface area contributed by atoms with E-state index in [0.717, 1.165) is 57.8 Å². The van der Waals surface area contributed by atoms with E-state index in [1.54, 1.807) is 0 Å². The molecule has 0 amide bonds. The van der Waals surface area contributed by atoms with Crippen LogP contribution in [-0.2, 0) is 32.7 Å². The third kappa shape index (κ3) is 35.5. The number of hydrogen-bond donors (Lipinski definition) is 2. The Hall–Kier alpha value is -2.29. The minimum Gasteiger partial charge on any atom is -0.462 e. The van der Waals surface area contributed by atoms with Crippen molar-refractivity contribution in [3.8, 4) is 0 Å². The predicted octanol–water partition coefficient (Wildman–Crippen LogP) is 10.5. The highest BCUT2D eigenvalue weighted by atomic mass is 31.2. The maximum Gasteiger partial charge on any atom is 0.472 e. The number of phosphoric ester groups is 1. The van der Waals surface area contributed by atoms with Crippen LogP contribution in [0.3, 0.4) is 0 Å². The number of rotatable bonds is 35. The van der Waals surface area contributed by atoms with Gasteiger partial charge in [0.25, 0.3) is 0 Å². The van der Waals surface area contributed by atoms with Gasteiger partial charge in [-0.25, -0.2) is 4.57 Å². The summed E-state index contributed by atoms with van der Waals surface area (Å²) < 4.78 is 32.6. The van der Waals surface area contributed by atoms with E-state index in [2.05, 4.69) is 68.5 Å². The zero-order valence-corrected chi connectivity index (χ0v) is 32.3. The summed E-state index contributed by atoms with van der Waals surface area (Å²) in [5, 5.41) is 0. The van der Waals surface area contributed by atoms with Crippen molar-refractivity contribution in [3.05, 3.63) is 60.8 Å². The van der Waals surface area contributed by atoms with Gasteiger partial charge in [-0.1, -0.05) is 145 Å². The summed E-state index contributed by atoms with van der Waals surface area (Å²) in [5.74, 6) is -0.901. The van der Waals surface area contributed by atoms with Gasteiger partial charge < -0.3 is 20.1 Å². The molecule has 0 aliphatic carbocycles. The predicted molar refractivity (Wildman–Crippen MR) is 206 cm³/mol. The van der Waals surface area contributed by atoms with Crippen LogP contribution in [0.15, 0.2) is 60.8 Å². The Morgan fingerprint density at radius 1 is 0.620 bits per heavy atom. The molecule has 0 bridgehead atoms. The SMILES string of the molecule is CCC=CCC=CCC=CCC=CCC=CCCCC(=O)OC[C@H](COP(=O)(O)OCCN)OC(=O)CCCCCCCCCCCCCC. The molecule has 9 nitrogen and oxygen atoms in total. The average Bonchev–Trinajstić information content (AvgIpc) is 3.10. The maximum absolute atomic E-state index is 12.5. The molecule has 50 heavy (non-hydrogen) atoms. The summed E-state index contributed by atoms with van der Waals surface area (Å²) in [6, 6.07) is 0. The number of phosphoric acid groups is 1. The standard InChI is InChI=1S/C40H70NO8P/c1-3-5-7-9-11-13-15-17-18-19-20-21-23-24-26-28-30-32-39(42)46-36-38(37-48-50(44,45)47-35-34-41)49-40(43)33-31-29-27-25-22-16-14-12-10-8-6-4-2/h5,7,11,13,17-18,20-21,24,26,38H,3-4,6,8-10,12,14-16,19,22-23,25,27-37,41H2,1-2H3,(H,44,45)/t38-/m1/s1. The van der Waals surface area contributed by atoms with Crippen LogP contribution in [0.25, 0.3) is 0 Å². The minimum atomic E-state index is -4.38. The first kappa shape index (κ1) is 47.7. The van der Waals surface area contributed by atoms with Gasteiger partial charge in [0.2, 0.25) is 0 Å². The number of hydrogen-bond acceptors (Lipinski definition) is 8. The molecule has 0 saturated carbocycles. The summed E-state index contributed by atoms with van der Waals surface area (Å²) in [6.45, 7) is 3.53. The highest BCUT2D eigenvalue weighted by Gasteiger charge is 2.25. The van der Waals surface area contributed by atoms with E-state index in [1.165, 1.54) is 51.4 Å². The summed E-state index contributed by atoms with van der Waals surface area (Å²) in [6.07, 6.45) is 41.1. The normalized spacial score (nSPS) is 14.1. The molecule has 0 spiro atoms. The smallest absolute Gasteiger partial charge is 0.462 e. The first-order valence-electron chi connectivity index (χ1n) is 19.3. The monoisotopic (exact) mass is 723 g/mol. The topological polar surface area (TPSA) is 134 Å². The van der Waals surface area contributed by atoms with Gasteiger partial charge in [0.05, 0.1) is 13.2 Å². The highest BCUT2D eigenvalue weighted by molar-refractivity contribution is 7.47. The van der Waals surface area contributed by atoms with Gasteiger partial charge in [0, 0.05) is 19.4 Å². The fraction of sp³-hybridized carbons (Fsp3) is 0.700. The van der Waals surface area contributed by atoms with Gasteiger partial charge in [-0.05, 0) is 51.4 Å². The third-order valence-corrected chi connectivity index (χ3v) is 8.65. The third-order valence-electron chi connectivity index (χ3n) is 7.67. The van der Waals surface area contributed by atoms with Crippen molar-refractivity contribution in [2.75, 3.05) is 26.4 Å². The number of ether oxygens (including phenoxy) is 2. The van der Waals surface area contributed by atoms with Gasteiger partial charge >= 0.3 is 19.8 Å². The number of nitrogens with two attached hydrogens (primary N) is 1. The van der Waals surface area contributed by atoms with Crippen molar-refractivity contribution in [1.82, 2.24) is 0 Å². The molecule has 0 aromatic carbocycles. The van der Waals surface area contributed by atoms with E-state index in [1.807, 2.05) is 6.08 Å². The van der Waals surface area contributed by atoms with E-state index in [4.69, 9.17) is 24.3 Å². The molecule has 0 radical (unpaired) electrons. The zero-order chi connectivity index (χ0) is 36.8. The number of carbonyl (C=O) groups excluding carboxylic acids is 2. The van der Waals surface area contributed by atoms with Gasteiger partial charge in [-0.2, -0.15) is 0 Å². The first-order valence-corrected chi connectivity index (χ1v) is 20.8. The molecule has 1 unspecified atom stereocenters. The number of esters is 2. The van der Waals surface area contributed by atoms with Crippen molar-refractivity contribution in [1.29, 1.82) is 0 Å². The van der Waals surface area contributed by atoms with Crippen LogP contribution >= 0.6 is 7.82 Å². The Bertz CT molecular complexity index is 1010. The van der Waals surface area contributed by atoms with E-state index < -0.39 is 32.5 Å². The van der Waals surface area contributed by atoms with Gasteiger partial charge in [-0.3, -0.25) is 18.6 Å². The molecular formula is C40H70NO8P. The fourth-order valence-corrected chi connectivity index (χ4v) is 5.61. The lowest BCUT2D eigenvalue weighted by molar-refractivity contribution is -0.161. The van der Waals surface area contributed by atoms with Gasteiger partial charge in [0.1, 0.15) is 6.61 Å². The van der Waals surface area contributed by atoms with Crippen LogP contribution in [-0.4, -0.2) is 49.3 Å². The van der Waals surface area contributed by atoms with E-state index in [0.29, 0.717) is 12.8 Å². The fourth-order valence-electron chi connectivity index (χ4n) is 4.84. The lowest BCUT2D eigenvalue weighted by Crippen LogP contribution is -2.29. The average molecular weight is 724 g/mol. The lowest BCUT2D eigenvalue weighted by Gasteiger charge is -2.19. The van der Waals surface area contributed by atoms with Crippen LogP contribution in [0.5, 0.6) is 0 Å². The molecule has 288 valence electrons. The molecule has 3 N–H and O–H groups in total. The zero-order valence-electron chi connectivity index (χ0n) is 31.4. The second-order valence-corrected chi connectivity index (χ2v) is 13.9. The minimum absolute atomic E-state index is 0.0443. The van der Waals surface area contributed by atoms with Crippen molar-refractivity contribution in [3.63, 3.8) is 0 Å². The van der Waals surface area contributed by atoms with Crippen LogP contribution in [0.4, 0.5) is 0 Å². The molecule has 2 atom stereocenters. The van der Waals surface area contributed by atoms with Crippen LogP contribution in [0.2, 0.25) is 0 Å². The molecule has 0 fully saturated rings. The molecule has 0 aliphatic rings. The van der Waals surface area contributed by atoms with E-state index in [9.17, 15) is 19.0 Å². The Morgan fingerprint density at radius 2 is 1.10 bits per heavy atom. The highest BCUT2D eigenvalue weighted by Crippen LogP contribution is 2.43. The summed E-state index contributed by atoms with van der Waals surface area (Å²) >= 11 is 0. The van der Waals surface area contributed by atoms with Crippen LogP contribution in [0, 0.1) is 0 Å². The molecule has 0 rings (SSSR count). The number of carbonyl (C=O) groups is 2. The van der Waals surface area contributed by atoms with Crippen molar-refractivity contribution in [2.24, 2.45) is 5.73 Å². The van der Waals surface area contributed by atoms with Crippen LogP contribution in [0.1, 0.15) is 149 Å². The Kier molecular flexibility index (Phi) is 34.8. The molecule has 0 saturated heterocycles. The Balaban J connectivity index is 4.32. The molecule has 0 aromatic rings. The largest absolute Gasteiger partial charge is 0.472 e. The van der Waals surface area contributed by atoms with Crippen molar-refractivity contribution in [2.45, 2.75) is 155 Å². The summed E-state index contributed by atoms with van der Waals surface area (Å²) in [4.78, 5) is 34.7. The second kappa shape index (κ2) is 36.5. The van der Waals surface area contributed by atoms with Gasteiger partial charge in [0.15, 0.2) is 6.10 Å². The summed E-state index contributed by atoms with van der Waals surface area (Å²) in [7, 11) is -4.38. The molecular weight excluding hydrogens is 653 g/mol. The quantitative estimate of drug-likeness (QED) is 0.0283. The van der Waals surface area contributed by atoms with Crippen molar-refractivity contribution < 1.29 is 37.6 Å². The second-order valence-electron chi connectivity index (χ2n) is 12.4. The maximum atomic E-state index is 12.5. The van der Waals surface area contributed by atoms with Gasteiger partial charge in [-0.15, -0.1) is 0 Å². The first-order chi connectivity index (χ1) is 24.3. The molecule has 10 heteroatoms. The van der Waals surface area contributed by atoms with E-state index in [-0.39, 0.29) is 32.6 Å². The van der Waals surface area contributed by atoms with Crippen molar-refractivity contribution >= 4 is 19.8 Å². The molecule has 0 aliphatic heterocycles. The summed E-state index contributed by atoms with van der Waals surface area (Å²) in [5.41, 5.74) is 5.33. The Labute approximate surface area is 304 Å². The Morgan fingerprint density at radius 3 is 1.62 bits per heavy atom. The molecule has 0 aromatic heterocycles.